The Morgan fingerprint density at radius 2 is 2.00 bits per heavy atom. The van der Waals surface area contributed by atoms with Crippen LogP contribution in [0.25, 0.3) is 0 Å². The van der Waals surface area contributed by atoms with Gasteiger partial charge in [0.15, 0.2) is 0 Å². The lowest BCUT2D eigenvalue weighted by Gasteiger charge is -2.32. The van der Waals surface area contributed by atoms with Crippen LogP contribution in [0, 0.1) is 0 Å². The van der Waals surface area contributed by atoms with Gasteiger partial charge in [-0.1, -0.05) is 6.07 Å². The zero-order valence-corrected chi connectivity index (χ0v) is 11.5. The number of rotatable bonds is 2. The van der Waals surface area contributed by atoms with E-state index in [0.717, 1.165) is 41.7 Å². The average Bonchev–Trinajstić information content (AvgIpc) is 2.30. The van der Waals surface area contributed by atoms with E-state index in [-0.39, 0.29) is 6.10 Å². The lowest BCUT2D eigenvalue weighted by Crippen LogP contribution is -2.35. The van der Waals surface area contributed by atoms with Gasteiger partial charge in [0.05, 0.1) is 17.9 Å². The van der Waals surface area contributed by atoms with Crippen LogP contribution in [0.1, 0.15) is 31.4 Å². The molecule has 0 aromatic heterocycles. The van der Waals surface area contributed by atoms with Crippen LogP contribution in [0.4, 0.5) is 5.69 Å². The standard InChI is InChI=1S/C13H18BrNO2/c1-9(16)10-2-3-13(12(14)8-10)15-6-4-11(17)5-7-15/h2-3,8-9,11,16-17H,4-7H2,1H3/t9-/m0/s1. The van der Waals surface area contributed by atoms with E-state index in [1.165, 1.54) is 0 Å². The first-order valence-corrected chi connectivity index (χ1v) is 6.77. The van der Waals surface area contributed by atoms with Crippen molar-refractivity contribution in [1.82, 2.24) is 0 Å². The first kappa shape index (κ1) is 12.9. The molecular formula is C13H18BrNO2. The average molecular weight is 300 g/mol. The Labute approximate surface area is 110 Å². The van der Waals surface area contributed by atoms with Crippen molar-refractivity contribution in [3.63, 3.8) is 0 Å². The molecule has 0 bridgehead atoms. The van der Waals surface area contributed by atoms with Crippen molar-refractivity contribution in [2.45, 2.75) is 32.0 Å². The third kappa shape index (κ3) is 3.00. The maximum atomic E-state index is 9.52. The maximum absolute atomic E-state index is 9.52. The second-order valence-corrected chi connectivity index (χ2v) is 5.46. The molecule has 2 N–H and O–H groups in total. The number of anilines is 1. The van der Waals surface area contributed by atoms with Crippen molar-refractivity contribution < 1.29 is 10.2 Å². The number of hydrogen-bond acceptors (Lipinski definition) is 3. The number of benzene rings is 1. The third-order valence-corrected chi connectivity index (χ3v) is 3.89. The zero-order valence-electron chi connectivity index (χ0n) is 9.93. The normalized spacial score (nSPS) is 19.4. The van der Waals surface area contributed by atoms with E-state index in [4.69, 9.17) is 0 Å². The molecule has 94 valence electrons. The minimum Gasteiger partial charge on any atom is -0.393 e. The summed E-state index contributed by atoms with van der Waals surface area (Å²) in [5.74, 6) is 0. The Balaban J connectivity index is 2.16. The first-order chi connectivity index (χ1) is 8.08. The van der Waals surface area contributed by atoms with Crippen molar-refractivity contribution >= 4 is 21.6 Å². The Hall–Kier alpha value is -0.580. The highest BCUT2D eigenvalue weighted by atomic mass is 79.9. The highest BCUT2D eigenvalue weighted by molar-refractivity contribution is 9.10. The number of aliphatic hydroxyl groups excluding tert-OH is 2. The number of halogens is 1. The SMILES string of the molecule is C[C@H](O)c1ccc(N2CCC(O)CC2)c(Br)c1. The van der Waals surface area contributed by atoms with E-state index < -0.39 is 6.10 Å². The monoisotopic (exact) mass is 299 g/mol. The Morgan fingerprint density at radius 3 is 2.53 bits per heavy atom. The van der Waals surface area contributed by atoms with Gasteiger partial charge in [0.2, 0.25) is 0 Å². The molecule has 1 heterocycles. The predicted molar refractivity (Wildman–Crippen MR) is 72.2 cm³/mol. The Bertz CT molecular complexity index is 387. The number of nitrogens with zero attached hydrogens (tertiary/aromatic N) is 1. The van der Waals surface area contributed by atoms with Crippen molar-refractivity contribution in [2.75, 3.05) is 18.0 Å². The number of aliphatic hydroxyl groups is 2. The van der Waals surface area contributed by atoms with Gasteiger partial charge in [0.25, 0.3) is 0 Å². The summed E-state index contributed by atoms with van der Waals surface area (Å²) in [6.45, 7) is 3.53. The van der Waals surface area contributed by atoms with Crippen LogP contribution < -0.4 is 4.90 Å². The van der Waals surface area contributed by atoms with Crippen LogP contribution >= 0.6 is 15.9 Å². The summed E-state index contributed by atoms with van der Waals surface area (Å²) in [6.07, 6.45) is 1.06. The van der Waals surface area contributed by atoms with Gasteiger partial charge >= 0.3 is 0 Å². The molecule has 1 atom stereocenters. The molecule has 1 aromatic rings. The highest BCUT2D eigenvalue weighted by Crippen LogP contribution is 2.31. The summed E-state index contributed by atoms with van der Waals surface area (Å²) in [5, 5.41) is 19.0. The molecule has 1 saturated heterocycles. The van der Waals surface area contributed by atoms with E-state index in [0.29, 0.717) is 0 Å². The van der Waals surface area contributed by atoms with E-state index in [1.54, 1.807) is 6.92 Å². The Morgan fingerprint density at radius 1 is 1.35 bits per heavy atom. The smallest absolute Gasteiger partial charge is 0.0762 e. The number of piperidine rings is 1. The molecule has 17 heavy (non-hydrogen) atoms. The molecule has 0 radical (unpaired) electrons. The van der Waals surface area contributed by atoms with Crippen LogP contribution in [0.5, 0.6) is 0 Å². The predicted octanol–water partition coefficient (Wildman–Crippen LogP) is 2.46. The largest absolute Gasteiger partial charge is 0.393 e. The molecule has 0 spiro atoms. The van der Waals surface area contributed by atoms with Crippen LogP contribution in [0.3, 0.4) is 0 Å². The van der Waals surface area contributed by atoms with E-state index >= 15 is 0 Å². The second-order valence-electron chi connectivity index (χ2n) is 4.61. The summed E-state index contributed by atoms with van der Waals surface area (Å²) < 4.78 is 1.01. The van der Waals surface area contributed by atoms with E-state index in [9.17, 15) is 10.2 Å². The molecule has 1 aliphatic heterocycles. The summed E-state index contributed by atoms with van der Waals surface area (Å²) in [7, 11) is 0. The van der Waals surface area contributed by atoms with Crippen LogP contribution in [-0.2, 0) is 0 Å². The lowest BCUT2D eigenvalue weighted by molar-refractivity contribution is 0.145. The van der Waals surface area contributed by atoms with Gasteiger partial charge in [-0.3, -0.25) is 0 Å². The van der Waals surface area contributed by atoms with Gasteiger partial charge in [-0.2, -0.15) is 0 Å². The second kappa shape index (κ2) is 5.38. The fraction of sp³-hybridized carbons (Fsp3) is 0.538. The van der Waals surface area contributed by atoms with Crippen molar-refractivity contribution in [3.8, 4) is 0 Å². The van der Waals surface area contributed by atoms with Gasteiger partial charge < -0.3 is 15.1 Å². The first-order valence-electron chi connectivity index (χ1n) is 5.98. The lowest BCUT2D eigenvalue weighted by atomic mass is 10.1. The molecule has 3 nitrogen and oxygen atoms in total. The molecule has 1 fully saturated rings. The third-order valence-electron chi connectivity index (χ3n) is 3.26. The van der Waals surface area contributed by atoms with Gasteiger partial charge in [0.1, 0.15) is 0 Å². The van der Waals surface area contributed by atoms with Gasteiger partial charge in [-0.25, -0.2) is 0 Å². The summed E-state index contributed by atoms with van der Waals surface area (Å²) in [5.41, 5.74) is 2.05. The fourth-order valence-electron chi connectivity index (χ4n) is 2.15. The Kier molecular flexibility index (Phi) is 4.07. The van der Waals surface area contributed by atoms with Crippen molar-refractivity contribution in [2.24, 2.45) is 0 Å². The van der Waals surface area contributed by atoms with Crippen molar-refractivity contribution in [3.05, 3.63) is 28.2 Å². The molecule has 2 rings (SSSR count). The zero-order chi connectivity index (χ0) is 12.4. The minimum atomic E-state index is -0.441. The maximum Gasteiger partial charge on any atom is 0.0762 e. The van der Waals surface area contributed by atoms with Gasteiger partial charge in [0, 0.05) is 17.6 Å². The molecular weight excluding hydrogens is 282 g/mol. The molecule has 0 saturated carbocycles. The summed E-state index contributed by atoms with van der Waals surface area (Å²) in [4.78, 5) is 2.27. The van der Waals surface area contributed by atoms with Crippen LogP contribution in [-0.4, -0.2) is 29.4 Å². The van der Waals surface area contributed by atoms with Crippen LogP contribution in [0.2, 0.25) is 0 Å². The highest BCUT2D eigenvalue weighted by Gasteiger charge is 2.19. The van der Waals surface area contributed by atoms with Crippen molar-refractivity contribution in [1.29, 1.82) is 0 Å². The molecule has 1 aliphatic rings. The molecule has 0 amide bonds. The van der Waals surface area contributed by atoms with Gasteiger partial charge in [-0.05, 0) is 53.4 Å². The summed E-state index contributed by atoms with van der Waals surface area (Å²) in [6, 6.07) is 5.95. The topological polar surface area (TPSA) is 43.7 Å². The quantitative estimate of drug-likeness (QED) is 0.882. The minimum absolute atomic E-state index is 0.151. The van der Waals surface area contributed by atoms with Gasteiger partial charge in [-0.15, -0.1) is 0 Å². The van der Waals surface area contributed by atoms with E-state index in [1.807, 2.05) is 18.2 Å². The molecule has 1 aromatic carbocycles. The van der Waals surface area contributed by atoms with Crippen LogP contribution in [0.15, 0.2) is 22.7 Å². The molecule has 0 aliphatic carbocycles. The summed E-state index contributed by atoms with van der Waals surface area (Å²) >= 11 is 3.55. The molecule has 4 heteroatoms. The molecule has 0 unspecified atom stereocenters. The van der Waals surface area contributed by atoms with E-state index in [2.05, 4.69) is 20.8 Å². The fourth-order valence-corrected chi connectivity index (χ4v) is 2.79. The number of hydrogen-bond donors (Lipinski definition) is 2.